The van der Waals surface area contributed by atoms with E-state index < -0.39 is 5.91 Å². The van der Waals surface area contributed by atoms with Gasteiger partial charge in [0.1, 0.15) is 5.75 Å². The highest BCUT2D eigenvalue weighted by atomic mass is 16.5. The van der Waals surface area contributed by atoms with Gasteiger partial charge in [0.05, 0.1) is 17.7 Å². The first-order chi connectivity index (χ1) is 11.1. The lowest BCUT2D eigenvalue weighted by Gasteiger charge is -2.32. The second-order valence-electron chi connectivity index (χ2n) is 6.86. The van der Waals surface area contributed by atoms with Crippen molar-refractivity contribution in [1.29, 1.82) is 0 Å². The van der Waals surface area contributed by atoms with Crippen molar-refractivity contribution >= 4 is 11.8 Å². The minimum Gasteiger partial charge on any atom is -0.492 e. The van der Waals surface area contributed by atoms with Crippen LogP contribution in [0.5, 0.6) is 5.75 Å². The molecule has 6 nitrogen and oxygen atoms in total. The molecule has 1 heterocycles. The van der Waals surface area contributed by atoms with Gasteiger partial charge in [0, 0.05) is 18.5 Å². The Morgan fingerprint density at radius 2 is 1.92 bits per heavy atom. The van der Waals surface area contributed by atoms with E-state index in [-0.39, 0.29) is 23.4 Å². The predicted octanol–water partition coefficient (Wildman–Crippen LogP) is 1.84. The maximum Gasteiger partial charge on any atom is 0.257 e. The summed E-state index contributed by atoms with van der Waals surface area (Å²) in [6.07, 6.45) is 0. The summed E-state index contributed by atoms with van der Waals surface area (Å²) in [6, 6.07) is 5.01. The average Bonchev–Trinajstić information content (AvgIpc) is 2.47. The third-order valence-electron chi connectivity index (χ3n) is 3.42. The average molecular weight is 335 g/mol. The second kappa shape index (κ2) is 8.68. The van der Waals surface area contributed by atoms with Gasteiger partial charge in [-0.1, -0.05) is 13.0 Å². The Labute approximate surface area is 144 Å². The summed E-state index contributed by atoms with van der Waals surface area (Å²) in [5, 5.41) is 0. The van der Waals surface area contributed by atoms with Crippen LogP contribution < -0.4 is 10.5 Å². The molecule has 134 valence electrons. The molecule has 2 N–H and O–H groups in total. The van der Waals surface area contributed by atoms with Crippen LogP contribution in [0.1, 0.15) is 41.5 Å². The number of amides is 2. The molecule has 0 saturated heterocycles. The number of hydrogen-bond acceptors (Lipinski definition) is 4. The van der Waals surface area contributed by atoms with Crippen molar-refractivity contribution in [2.45, 2.75) is 26.8 Å². The summed E-state index contributed by atoms with van der Waals surface area (Å²) >= 11 is 0. The monoisotopic (exact) mass is 335 g/mol. The minimum absolute atomic E-state index is 0.0909. The number of nitrogens with zero attached hydrogens (tertiary/aromatic N) is 2. The van der Waals surface area contributed by atoms with E-state index in [1.54, 1.807) is 23.1 Å². The van der Waals surface area contributed by atoms with E-state index in [0.717, 1.165) is 0 Å². The van der Waals surface area contributed by atoms with Crippen LogP contribution in [0.25, 0.3) is 0 Å². The topological polar surface area (TPSA) is 75.9 Å². The molecule has 1 unspecified atom stereocenters. The van der Waals surface area contributed by atoms with Crippen molar-refractivity contribution in [3.8, 4) is 5.75 Å². The Morgan fingerprint density at radius 3 is 2.42 bits per heavy atom. The summed E-state index contributed by atoms with van der Waals surface area (Å²) in [4.78, 5) is 27.9. The molecule has 0 spiro atoms. The fraction of sp³-hybridized carbons (Fsp3) is 0.556. The summed E-state index contributed by atoms with van der Waals surface area (Å²) in [6.45, 7) is 7.06. The van der Waals surface area contributed by atoms with Crippen LogP contribution in [0.15, 0.2) is 18.2 Å². The zero-order valence-corrected chi connectivity index (χ0v) is 15.5. The standard InChI is InChI=1S/C15H20N2O3.C3H9N/c1-9(2)17-7-10(3)8-20-13-11(14(16)18)5-4-6-12(13)15(17)19;1-4(2)3/h4-6,9-10H,7-8H2,1-3H3,(H2,16,18);1-3H3. The molecule has 0 saturated carbocycles. The molecular formula is C18H29N3O3. The highest BCUT2D eigenvalue weighted by molar-refractivity contribution is 6.03. The van der Waals surface area contributed by atoms with Gasteiger partial charge in [-0.15, -0.1) is 0 Å². The van der Waals surface area contributed by atoms with Crippen molar-refractivity contribution in [3.05, 3.63) is 29.3 Å². The third-order valence-corrected chi connectivity index (χ3v) is 3.42. The molecule has 1 aliphatic heterocycles. The van der Waals surface area contributed by atoms with Crippen molar-refractivity contribution in [3.63, 3.8) is 0 Å². The summed E-state index contributed by atoms with van der Waals surface area (Å²) < 4.78 is 5.68. The fourth-order valence-corrected chi connectivity index (χ4v) is 2.35. The number of nitrogens with two attached hydrogens (primary N) is 1. The van der Waals surface area contributed by atoms with E-state index in [2.05, 4.69) is 0 Å². The van der Waals surface area contributed by atoms with E-state index >= 15 is 0 Å². The Bertz CT molecular complexity index is 582. The SMILES string of the molecule is CC1COc2c(C(N)=O)cccc2C(=O)N(C(C)C)C1.CN(C)C. The zero-order chi connectivity index (χ0) is 18.4. The molecule has 0 aromatic heterocycles. The lowest BCUT2D eigenvalue weighted by molar-refractivity contribution is 0.0622. The fourth-order valence-electron chi connectivity index (χ4n) is 2.35. The first-order valence-electron chi connectivity index (χ1n) is 8.12. The highest BCUT2D eigenvalue weighted by Crippen LogP contribution is 2.28. The second-order valence-corrected chi connectivity index (χ2v) is 6.86. The molecule has 2 rings (SSSR count). The molecule has 0 bridgehead atoms. The minimum atomic E-state index is -0.584. The largest absolute Gasteiger partial charge is 0.492 e. The number of carbonyl (C=O) groups is 2. The van der Waals surface area contributed by atoms with Crippen LogP contribution in [0.4, 0.5) is 0 Å². The maximum absolute atomic E-state index is 12.6. The third kappa shape index (κ3) is 5.23. The van der Waals surface area contributed by atoms with Gasteiger partial charge in [-0.3, -0.25) is 9.59 Å². The number of ether oxygens (including phenoxy) is 1. The Balaban J connectivity index is 0.000000648. The van der Waals surface area contributed by atoms with E-state index in [4.69, 9.17) is 10.5 Å². The molecule has 0 fully saturated rings. The highest BCUT2D eigenvalue weighted by Gasteiger charge is 2.28. The van der Waals surface area contributed by atoms with Crippen LogP contribution in [0.2, 0.25) is 0 Å². The van der Waals surface area contributed by atoms with E-state index in [1.807, 2.05) is 46.8 Å². The molecule has 0 aliphatic carbocycles. The number of para-hydroxylation sites is 1. The first-order valence-corrected chi connectivity index (χ1v) is 8.12. The molecule has 1 atom stereocenters. The molecule has 1 aliphatic rings. The van der Waals surface area contributed by atoms with Gasteiger partial charge in [-0.25, -0.2) is 0 Å². The maximum atomic E-state index is 12.6. The van der Waals surface area contributed by atoms with Crippen LogP contribution in [-0.2, 0) is 0 Å². The lowest BCUT2D eigenvalue weighted by Crippen LogP contribution is -2.42. The van der Waals surface area contributed by atoms with Gasteiger partial charge >= 0.3 is 0 Å². The van der Waals surface area contributed by atoms with E-state index in [0.29, 0.717) is 24.5 Å². The van der Waals surface area contributed by atoms with E-state index in [1.165, 1.54) is 0 Å². The van der Waals surface area contributed by atoms with Crippen molar-refractivity contribution in [2.24, 2.45) is 11.7 Å². The summed E-state index contributed by atoms with van der Waals surface area (Å²) in [7, 11) is 6.00. The lowest BCUT2D eigenvalue weighted by atomic mass is 10.0. The number of primary amides is 1. The molecule has 2 amide bonds. The number of rotatable bonds is 2. The molecule has 1 aromatic carbocycles. The Kier molecular flexibility index (Phi) is 7.22. The quantitative estimate of drug-likeness (QED) is 0.895. The van der Waals surface area contributed by atoms with Gasteiger partial charge in [0.15, 0.2) is 0 Å². The van der Waals surface area contributed by atoms with Crippen molar-refractivity contribution < 1.29 is 14.3 Å². The van der Waals surface area contributed by atoms with Crippen LogP contribution in [-0.4, -0.2) is 62.0 Å². The number of carbonyl (C=O) groups excluding carboxylic acids is 2. The number of fused-ring (bicyclic) bond motifs is 1. The summed E-state index contributed by atoms with van der Waals surface area (Å²) in [5.41, 5.74) is 6.02. The normalized spacial score (nSPS) is 17.4. The van der Waals surface area contributed by atoms with E-state index in [9.17, 15) is 9.59 Å². The van der Waals surface area contributed by atoms with Gasteiger partial charge in [0.25, 0.3) is 11.8 Å². The molecule has 1 aromatic rings. The first kappa shape index (κ1) is 20.0. The molecule has 24 heavy (non-hydrogen) atoms. The van der Waals surface area contributed by atoms with Crippen molar-refractivity contribution in [2.75, 3.05) is 34.3 Å². The number of benzene rings is 1. The van der Waals surface area contributed by atoms with Gasteiger partial charge in [-0.05, 0) is 47.1 Å². The van der Waals surface area contributed by atoms with Gasteiger partial charge in [-0.2, -0.15) is 0 Å². The van der Waals surface area contributed by atoms with Crippen LogP contribution >= 0.6 is 0 Å². The molecule has 6 heteroatoms. The van der Waals surface area contributed by atoms with Crippen LogP contribution in [0.3, 0.4) is 0 Å². The Hall–Kier alpha value is -2.08. The summed E-state index contributed by atoms with van der Waals surface area (Å²) in [5.74, 6) is -0.207. The van der Waals surface area contributed by atoms with Crippen LogP contribution in [0, 0.1) is 5.92 Å². The molecule has 0 radical (unpaired) electrons. The van der Waals surface area contributed by atoms with Gasteiger partial charge < -0.3 is 20.3 Å². The molecular weight excluding hydrogens is 306 g/mol. The zero-order valence-electron chi connectivity index (χ0n) is 15.5. The predicted molar refractivity (Wildman–Crippen MR) is 95.4 cm³/mol. The smallest absolute Gasteiger partial charge is 0.257 e. The number of hydrogen-bond donors (Lipinski definition) is 1. The van der Waals surface area contributed by atoms with Crippen molar-refractivity contribution in [1.82, 2.24) is 9.80 Å². The Morgan fingerprint density at radius 1 is 1.33 bits per heavy atom. The van der Waals surface area contributed by atoms with Gasteiger partial charge in [0.2, 0.25) is 0 Å².